The van der Waals surface area contributed by atoms with Gasteiger partial charge in [0.1, 0.15) is 10.8 Å². The summed E-state index contributed by atoms with van der Waals surface area (Å²) in [6.45, 7) is 2.85. The number of hydrogen-bond donors (Lipinski definition) is 0. The summed E-state index contributed by atoms with van der Waals surface area (Å²) < 4.78 is 6.23. The van der Waals surface area contributed by atoms with E-state index in [0.29, 0.717) is 5.25 Å². The van der Waals surface area contributed by atoms with Crippen molar-refractivity contribution in [3.8, 4) is 5.75 Å². The monoisotopic (exact) mass is 337 g/mol. The molecular weight excluding hydrogens is 322 g/mol. The standard InChI is InChI=1S/C14H15N3OS3/c1-9-16-17-14(20-9)19-8-12-7-15-13(21-12)10-3-5-11(18-2)6-4-10/h3-6,12H,7-8H2,1-2H3/t12-/m0/s1. The van der Waals surface area contributed by atoms with Crippen LogP contribution in [-0.2, 0) is 0 Å². The number of aliphatic imine (C=N–C) groups is 1. The molecule has 1 aliphatic rings. The lowest BCUT2D eigenvalue weighted by atomic mass is 10.2. The maximum atomic E-state index is 5.18. The predicted molar refractivity (Wildman–Crippen MR) is 91.1 cm³/mol. The summed E-state index contributed by atoms with van der Waals surface area (Å²) in [5.41, 5.74) is 1.17. The minimum atomic E-state index is 0.510. The molecule has 1 aliphatic heterocycles. The maximum absolute atomic E-state index is 5.18. The minimum Gasteiger partial charge on any atom is -0.497 e. The van der Waals surface area contributed by atoms with Crippen LogP contribution in [0.25, 0.3) is 0 Å². The van der Waals surface area contributed by atoms with E-state index in [9.17, 15) is 0 Å². The lowest BCUT2D eigenvalue weighted by Crippen LogP contribution is -2.06. The molecule has 0 saturated carbocycles. The fraction of sp³-hybridized carbons (Fsp3) is 0.357. The van der Waals surface area contributed by atoms with Crippen molar-refractivity contribution in [3.63, 3.8) is 0 Å². The Morgan fingerprint density at radius 2 is 2.10 bits per heavy atom. The highest BCUT2D eigenvalue weighted by atomic mass is 32.2. The van der Waals surface area contributed by atoms with E-state index in [1.807, 2.05) is 30.8 Å². The summed E-state index contributed by atoms with van der Waals surface area (Å²) in [6, 6.07) is 8.08. The molecule has 0 unspecified atom stereocenters. The van der Waals surface area contributed by atoms with Gasteiger partial charge >= 0.3 is 0 Å². The Balaban J connectivity index is 1.54. The van der Waals surface area contributed by atoms with Gasteiger partial charge < -0.3 is 4.74 Å². The third-order valence-electron chi connectivity index (χ3n) is 2.95. The molecule has 0 fully saturated rings. The summed E-state index contributed by atoms with van der Waals surface area (Å²) in [7, 11) is 1.68. The van der Waals surface area contributed by atoms with Gasteiger partial charge in [0.15, 0.2) is 4.34 Å². The molecule has 0 saturated heterocycles. The fourth-order valence-corrected chi connectivity index (χ4v) is 5.01. The number of aryl methyl sites for hydroxylation is 1. The summed E-state index contributed by atoms with van der Waals surface area (Å²) in [5, 5.41) is 10.8. The zero-order valence-corrected chi connectivity index (χ0v) is 14.2. The smallest absolute Gasteiger partial charge is 0.174 e. The van der Waals surface area contributed by atoms with Crippen LogP contribution in [0.5, 0.6) is 5.75 Å². The summed E-state index contributed by atoms with van der Waals surface area (Å²) in [5.74, 6) is 1.89. The second kappa shape index (κ2) is 6.81. The highest BCUT2D eigenvalue weighted by Gasteiger charge is 2.21. The van der Waals surface area contributed by atoms with Crippen molar-refractivity contribution in [2.75, 3.05) is 19.4 Å². The molecule has 0 bridgehead atoms. The van der Waals surface area contributed by atoms with Crippen LogP contribution in [0.3, 0.4) is 0 Å². The first kappa shape index (κ1) is 14.9. The molecule has 0 amide bonds. The Morgan fingerprint density at radius 1 is 1.29 bits per heavy atom. The second-order valence-corrected chi connectivity index (χ2v) is 8.25. The predicted octanol–water partition coefficient (Wildman–Crippen LogP) is 3.51. The molecule has 0 radical (unpaired) electrons. The lowest BCUT2D eigenvalue weighted by molar-refractivity contribution is 0.415. The summed E-state index contributed by atoms with van der Waals surface area (Å²) in [6.07, 6.45) is 0. The number of ether oxygens (including phenoxy) is 1. The molecule has 1 aromatic carbocycles. The van der Waals surface area contributed by atoms with Crippen molar-refractivity contribution in [3.05, 3.63) is 34.8 Å². The van der Waals surface area contributed by atoms with E-state index in [0.717, 1.165) is 32.4 Å². The fourth-order valence-electron chi connectivity index (χ4n) is 1.90. The van der Waals surface area contributed by atoms with E-state index in [4.69, 9.17) is 4.74 Å². The third-order valence-corrected chi connectivity index (χ3v) is 6.54. The largest absolute Gasteiger partial charge is 0.497 e. The van der Waals surface area contributed by atoms with Gasteiger partial charge in [0.05, 0.1) is 18.7 Å². The first-order valence-electron chi connectivity index (χ1n) is 6.53. The van der Waals surface area contributed by atoms with Gasteiger partial charge in [-0.25, -0.2) is 0 Å². The van der Waals surface area contributed by atoms with E-state index < -0.39 is 0 Å². The third kappa shape index (κ3) is 3.78. The molecule has 21 heavy (non-hydrogen) atoms. The van der Waals surface area contributed by atoms with E-state index in [1.54, 1.807) is 30.2 Å². The van der Waals surface area contributed by atoms with Crippen LogP contribution in [0, 0.1) is 6.92 Å². The van der Waals surface area contributed by atoms with Gasteiger partial charge in [0.2, 0.25) is 0 Å². The Labute approximate surface area is 136 Å². The first-order chi connectivity index (χ1) is 10.2. The van der Waals surface area contributed by atoms with Crippen molar-refractivity contribution in [2.45, 2.75) is 16.5 Å². The number of nitrogens with zero attached hydrogens (tertiary/aromatic N) is 3. The number of aromatic nitrogens is 2. The molecule has 7 heteroatoms. The first-order valence-corrected chi connectivity index (χ1v) is 9.21. The van der Waals surface area contributed by atoms with Gasteiger partial charge in [0, 0.05) is 16.6 Å². The highest BCUT2D eigenvalue weighted by molar-refractivity contribution is 8.16. The Hall–Kier alpha value is -1.05. The van der Waals surface area contributed by atoms with Crippen LogP contribution in [0.2, 0.25) is 0 Å². The van der Waals surface area contributed by atoms with Crippen molar-refractivity contribution >= 4 is 39.9 Å². The molecule has 3 rings (SSSR count). The van der Waals surface area contributed by atoms with Gasteiger partial charge in [-0.15, -0.1) is 22.0 Å². The van der Waals surface area contributed by atoms with Crippen molar-refractivity contribution in [2.24, 2.45) is 4.99 Å². The van der Waals surface area contributed by atoms with Crippen LogP contribution in [0.15, 0.2) is 33.6 Å². The van der Waals surface area contributed by atoms with Gasteiger partial charge in [-0.1, -0.05) is 23.1 Å². The van der Waals surface area contributed by atoms with Crippen LogP contribution in [0.1, 0.15) is 10.6 Å². The molecule has 0 N–H and O–H groups in total. The molecule has 4 nitrogen and oxygen atoms in total. The number of methoxy groups -OCH3 is 1. The van der Waals surface area contributed by atoms with Gasteiger partial charge in [-0.3, -0.25) is 4.99 Å². The zero-order chi connectivity index (χ0) is 14.7. The second-order valence-electron chi connectivity index (χ2n) is 4.51. The van der Waals surface area contributed by atoms with Gasteiger partial charge in [0.25, 0.3) is 0 Å². The van der Waals surface area contributed by atoms with Crippen molar-refractivity contribution in [1.29, 1.82) is 0 Å². The maximum Gasteiger partial charge on any atom is 0.174 e. The normalized spacial score (nSPS) is 17.8. The average molecular weight is 337 g/mol. The Bertz CT molecular complexity index is 639. The zero-order valence-electron chi connectivity index (χ0n) is 11.8. The quantitative estimate of drug-likeness (QED) is 0.781. The van der Waals surface area contributed by atoms with Gasteiger partial charge in [-0.2, -0.15) is 0 Å². The molecular formula is C14H15N3OS3. The summed E-state index contributed by atoms with van der Waals surface area (Å²) in [4.78, 5) is 4.65. The molecule has 0 spiro atoms. The highest BCUT2D eigenvalue weighted by Crippen LogP contribution is 2.31. The van der Waals surface area contributed by atoms with E-state index >= 15 is 0 Å². The Morgan fingerprint density at radius 3 is 2.76 bits per heavy atom. The number of rotatable bonds is 5. The molecule has 0 aliphatic carbocycles. The van der Waals surface area contributed by atoms with Crippen molar-refractivity contribution in [1.82, 2.24) is 10.2 Å². The van der Waals surface area contributed by atoms with Crippen LogP contribution in [0.4, 0.5) is 0 Å². The van der Waals surface area contributed by atoms with Crippen LogP contribution in [-0.4, -0.2) is 39.9 Å². The number of thioether (sulfide) groups is 2. The number of benzene rings is 1. The van der Waals surface area contributed by atoms with E-state index in [2.05, 4.69) is 27.3 Å². The van der Waals surface area contributed by atoms with Gasteiger partial charge in [-0.05, 0) is 31.2 Å². The lowest BCUT2D eigenvalue weighted by Gasteiger charge is -2.06. The SMILES string of the molecule is COc1ccc(C2=NC[C@@H](CSc3nnc(C)s3)S2)cc1. The number of hydrogen-bond acceptors (Lipinski definition) is 7. The molecule has 1 aromatic heterocycles. The molecule has 110 valence electrons. The Kier molecular flexibility index (Phi) is 4.82. The van der Waals surface area contributed by atoms with Crippen LogP contribution >= 0.6 is 34.9 Å². The average Bonchev–Trinajstić information content (AvgIpc) is 3.14. The molecule has 1 atom stereocenters. The topological polar surface area (TPSA) is 47.4 Å². The van der Waals surface area contributed by atoms with Crippen molar-refractivity contribution < 1.29 is 4.74 Å². The molecule has 2 heterocycles. The van der Waals surface area contributed by atoms with E-state index in [-0.39, 0.29) is 0 Å². The van der Waals surface area contributed by atoms with Crippen LogP contribution < -0.4 is 4.74 Å². The minimum absolute atomic E-state index is 0.510. The van der Waals surface area contributed by atoms with E-state index in [1.165, 1.54) is 5.56 Å². The molecule has 2 aromatic rings. The summed E-state index contributed by atoms with van der Waals surface area (Å²) >= 11 is 5.27.